The first-order valence-electron chi connectivity index (χ1n) is 9.59. The quantitative estimate of drug-likeness (QED) is 0.640. The zero-order chi connectivity index (χ0) is 22.0. The molecule has 0 bridgehead atoms. The van der Waals surface area contributed by atoms with Crippen LogP contribution in [0.5, 0.6) is 0 Å². The van der Waals surface area contributed by atoms with Gasteiger partial charge in [0.05, 0.1) is 22.1 Å². The van der Waals surface area contributed by atoms with Crippen LogP contribution in [0.25, 0.3) is 5.69 Å². The van der Waals surface area contributed by atoms with E-state index in [0.717, 1.165) is 16.8 Å². The number of hydrogen-bond acceptors (Lipinski definition) is 4. The summed E-state index contributed by atoms with van der Waals surface area (Å²) in [6.45, 7) is 9.44. The second-order valence-corrected chi connectivity index (χ2v) is 7.90. The lowest BCUT2D eigenvalue weighted by molar-refractivity contribution is 0.0941. The second kappa shape index (κ2) is 8.67. The van der Waals surface area contributed by atoms with Gasteiger partial charge in [-0.3, -0.25) is 9.59 Å². The first kappa shape index (κ1) is 21.5. The Bertz CT molecular complexity index is 1120. The Labute approximate surface area is 180 Å². The van der Waals surface area contributed by atoms with E-state index in [1.54, 1.807) is 25.1 Å². The minimum Gasteiger partial charge on any atom is -0.350 e. The molecule has 0 saturated heterocycles. The van der Waals surface area contributed by atoms with Gasteiger partial charge in [-0.2, -0.15) is 9.90 Å². The summed E-state index contributed by atoms with van der Waals surface area (Å²) in [5.74, 6) is -0.694. The molecule has 1 aromatic heterocycles. The third-order valence-corrected chi connectivity index (χ3v) is 4.79. The molecule has 3 aromatic rings. The molecule has 8 heteroatoms. The summed E-state index contributed by atoms with van der Waals surface area (Å²) in [7, 11) is 0. The largest absolute Gasteiger partial charge is 0.350 e. The monoisotopic (exact) mass is 425 g/mol. The van der Waals surface area contributed by atoms with Gasteiger partial charge in [0.15, 0.2) is 5.69 Å². The van der Waals surface area contributed by atoms with Gasteiger partial charge in [0.1, 0.15) is 0 Å². The molecule has 2 amide bonds. The Hall–Kier alpha value is -3.19. The molecule has 0 aliphatic carbocycles. The Kier molecular flexibility index (Phi) is 6.22. The number of nitrogens with one attached hydrogen (secondary N) is 2. The topological polar surface area (TPSA) is 88.9 Å². The highest BCUT2D eigenvalue weighted by Crippen LogP contribution is 2.24. The van der Waals surface area contributed by atoms with Crippen molar-refractivity contribution in [3.63, 3.8) is 0 Å². The van der Waals surface area contributed by atoms with Crippen molar-refractivity contribution in [1.29, 1.82) is 0 Å². The lowest BCUT2D eigenvalue weighted by Crippen LogP contribution is -2.30. The standard InChI is InChI=1S/C22H24ClN5O2/c1-12(2)24-21(29)16-7-8-17(23)18(11-16)25-22(30)20-15(5)26-28(27-20)19-9-6-13(3)10-14(19)4/h6-12H,1-5H3,(H,24,29)(H,25,30). The van der Waals surface area contributed by atoms with Crippen molar-refractivity contribution >= 4 is 29.1 Å². The van der Waals surface area contributed by atoms with Crippen LogP contribution in [-0.4, -0.2) is 32.9 Å². The summed E-state index contributed by atoms with van der Waals surface area (Å²) in [4.78, 5) is 26.5. The summed E-state index contributed by atoms with van der Waals surface area (Å²) < 4.78 is 0. The smallest absolute Gasteiger partial charge is 0.278 e. The molecular weight excluding hydrogens is 402 g/mol. The van der Waals surface area contributed by atoms with Crippen LogP contribution < -0.4 is 10.6 Å². The number of carbonyl (C=O) groups excluding carboxylic acids is 2. The fourth-order valence-corrected chi connectivity index (χ4v) is 3.18. The van der Waals surface area contributed by atoms with Gasteiger partial charge < -0.3 is 10.6 Å². The molecule has 3 rings (SSSR count). The second-order valence-electron chi connectivity index (χ2n) is 7.49. The Morgan fingerprint density at radius 2 is 1.73 bits per heavy atom. The van der Waals surface area contributed by atoms with Crippen LogP contribution in [0.4, 0.5) is 5.69 Å². The third kappa shape index (κ3) is 4.68. The highest BCUT2D eigenvalue weighted by molar-refractivity contribution is 6.34. The van der Waals surface area contributed by atoms with Gasteiger partial charge >= 0.3 is 0 Å². The minimum atomic E-state index is -0.452. The number of carbonyl (C=O) groups is 2. The summed E-state index contributed by atoms with van der Waals surface area (Å²) in [6.07, 6.45) is 0. The van der Waals surface area contributed by atoms with Gasteiger partial charge in [-0.1, -0.05) is 29.3 Å². The van der Waals surface area contributed by atoms with E-state index in [4.69, 9.17) is 11.6 Å². The van der Waals surface area contributed by atoms with Gasteiger partial charge in [-0.25, -0.2) is 0 Å². The van der Waals surface area contributed by atoms with Crippen LogP contribution in [0.15, 0.2) is 36.4 Å². The molecule has 7 nitrogen and oxygen atoms in total. The number of amides is 2. The van der Waals surface area contributed by atoms with Crippen LogP contribution in [0.1, 0.15) is 51.5 Å². The molecule has 2 N–H and O–H groups in total. The van der Waals surface area contributed by atoms with Gasteiger partial charge in [0.25, 0.3) is 11.8 Å². The van der Waals surface area contributed by atoms with Crippen LogP contribution in [0.3, 0.4) is 0 Å². The molecule has 0 radical (unpaired) electrons. The SMILES string of the molecule is Cc1ccc(-n2nc(C)c(C(=O)Nc3cc(C(=O)NC(C)C)ccc3Cl)n2)c(C)c1. The molecule has 1 heterocycles. The fraction of sp³-hybridized carbons (Fsp3) is 0.273. The van der Waals surface area contributed by atoms with Crippen molar-refractivity contribution in [3.8, 4) is 5.69 Å². The number of hydrogen-bond donors (Lipinski definition) is 2. The molecule has 0 aliphatic heterocycles. The summed E-state index contributed by atoms with van der Waals surface area (Å²) in [5.41, 5.74) is 4.34. The molecule has 0 aliphatic rings. The number of rotatable bonds is 5. The van der Waals surface area contributed by atoms with Crippen LogP contribution in [0.2, 0.25) is 5.02 Å². The van der Waals surface area contributed by atoms with Crippen molar-refractivity contribution in [2.45, 2.75) is 40.7 Å². The van der Waals surface area contributed by atoms with E-state index in [9.17, 15) is 9.59 Å². The Morgan fingerprint density at radius 3 is 2.40 bits per heavy atom. The average Bonchev–Trinajstić information content (AvgIpc) is 3.04. The first-order valence-corrected chi connectivity index (χ1v) is 9.97. The molecule has 156 valence electrons. The zero-order valence-corrected chi connectivity index (χ0v) is 18.3. The van der Waals surface area contributed by atoms with E-state index in [0.29, 0.717) is 22.0 Å². The number of benzene rings is 2. The molecule has 0 atom stereocenters. The van der Waals surface area contributed by atoms with E-state index >= 15 is 0 Å². The highest BCUT2D eigenvalue weighted by Gasteiger charge is 2.19. The maximum absolute atomic E-state index is 12.8. The predicted octanol–water partition coefficient (Wildman–Crippen LogP) is 4.24. The van der Waals surface area contributed by atoms with Crippen molar-refractivity contribution in [2.75, 3.05) is 5.32 Å². The summed E-state index contributed by atoms with van der Waals surface area (Å²) in [6, 6.07) is 10.6. The van der Waals surface area contributed by atoms with Crippen LogP contribution in [-0.2, 0) is 0 Å². The Balaban J connectivity index is 1.86. The molecule has 0 unspecified atom stereocenters. The lowest BCUT2D eigenvalue weighted by Gasteiger charge is -2.11. The first-order chi connectivity index (χ1) is 14.2. The normalized spacial score (nSPS) is 10.9. The number of aryl methyl sites for hydroxylation is 3. The van der Waals surface area contributed by atoms with Crippen LogP contribution >= 0.6 is 11.6 Å². The Morgan fingerprint density at radius 1 is 1.00 bits per heavy atom. The van der Waals surface area contributed by atoms with E-state index in [-0.39, 0.29) is 17.6 Å². The average molecular weight is 426 g/mol. The molecule has 2 aromatic carbocycles. The van der Waals surface area contributed by atoms with Crippen molar-refractivity contribution in [3.05, 3.63) is 69.5 Å². The third-order valence-electron chi connectivity index (χ3n) is 4.46. The van der Waals surface area contributed by atoms with Gasteiger partial charge in [-0.15, -0.1) is 5.10 Å². The highest BCUT2D eigenvalue weighted by atomic mass is 35.5. The van der Waals surface area contributed by atoms with Gasteiger partial charge in [0.2, 0.25) is 0 Å². The molecule has 30 heavy (non-hydrogen) atoms. The van der Waals surface area contributed by atoms with Crippen LogP contribution in [0, 0.1) is 20.8 Å². The van der Waals surface area contributed by atoms with Gasteiger partial charge in [-0.05, 0) is 64.4 Å². The van der Waals surface area contributed by atoms with E-state index in [1.165, 1.54) is 4.80 Å². The van der Waals surface area contributed by atoms with Crippen molar-refractivity contribution in [1.82, 2.24) is 20.3 Å². The molecule has 0 saturated carbocycles. The maximum Gasteiger partial charge on any atom is 0.278 e. The maximum atomic E-state index is 12.8. The number of halogens is 1. The van der Waals surface area contributed by atoms with E-state index in [1.807, 2.05) is 45.9 Å². The number of aromatic nitrogens is 3. The molecule has 0 spiro atoms. The number of nitrogens with zero attached hydrogens (tertiary/aromatic N) is 3. The molecule has 0 fully saturated rings. The molecular formula is C22H24ClN5O2. The fourth-order valence-electron chi connectivity index (χ4n) is 3.02. The van der Waals surface area contributed by atoms with Crippen molar-refractivity contribution in [2.24, 2.45) is 0 Å². The zero-order valence-electron chi connectivity index (χ0n) is 17.6. The summed E-state index contributed by atoms with van der Waals surface area (Å²) in [5, 5.41) is 14.6. The van der Waals surface area contributed by atoms with Gasteiger partial charge in [0, 0.05) is 11.6 Å². The minimum absolute atomic E-state index is 0.00543. The van der Waals surface area contributed by atoms with E-state index < -0.39 is 5.91 Å². The number of anilines is 1. The van der Waals surface area contributed by atoms with E-state index in [2.05, 4.69) is 20.8 Å². The lowest BCUT2D eigenvalue weighted by atomic mass is 10.1. The summed E-state index contributed by atoms with van der Waals surface area (Å²) >= 11 is 6.23. The predicted molar refractivity (Wildman–Crippen MR) is 118 cm³/mol. The van der Waals surface area contributed by atoms with Crippen molar-refractivity contribution < 1.29 is 9.59 Å².